The molecule has 2 N–H and O–H groups in total. The highest BCUT2D eigenvalue weighted by molar-refractivity contribution is 5.74. The Hall–Kier alpha value is -1.42. The van der Waals surface area contributed by atoms with Crippen molar-refractivity contribution in [2.45, 2.75) is 13.3 Å². The Bertz CT molecular complexity index is 461. The van der Waals surface area contributed by atoms with E-state index in [9.17, 15) is 0 Å². The molecular weight excluding hydrogens is 188 g/mol. The lowest BCUT2D eigenvalue weighted by Crippen LogP contribution is -2.15. The average Bonchev–Trinajstić information content (AvgIpc) is 2.57. The van der Waals surface area contributed by atoms with Crippen LogP contribution in [-0.2, 0) is 13.5 Å². The van der Waals surface area contributed by atoms with Gasteiger partial charge in [0.05, 0.1) is 11.7 Å². The van der Waals surface area contributed by atoms with E-state index in [0.717, 1.165) is 23.3 Å². The smallest absolute Gasteiger partial charge is 0.109 e. The molecule has 0 amide bonds. The van der Waals surface area contributed by atoms with Gasteiger partial charge in [-0.25, -0.2) is 4.98 Å². The van der Waals surface area contributed by atoms with E-state index in [4.69, 9.17) is 5.73 Å². The molecule has 2 heterocycles. The SMILES string of the molecule is CC(CN)Cc1nc2cnccc2n1C. The molecule has 0 fully saturated rings. The number of rotatable bonds is 3. The van der Waals surface area contributed by atoms with Crippen LogP contribution in [0.25, 0.3) is 11.0 Å². The van der Waals surface area contributed by atoms with Crippen LogP contribution in [0.5, 0.6) is 0 Å². The molecule has 0 spiro atoms. The summed E-state index contributed by atoms with van der Waals surface area (Å²) < 4.78 is 2.11. The van der Waals surface area contributed by atoms with Crippen LogP contribution in [0.3, 0.4) is 0 Å². The molecule has 0 saturated heterocycles. The predicted molar refractivity (Wildman–Crippen MR) is 60.4 cm³/mol. The van der Waals surface area contributed by atoms with E-state index < -0.39 is 0 Å². The van der Waals surface area contributed by atoms with E-state index in [1.54, 1.807) is 12.4 Å². The normalized spacial score (nSPS) is 13.3. The van der Waals surface area contributed by atoms with Gasteiger partial charge in [0.25, 0.3) is 0 Å². The summed E-state index contributed by atoms with van der Waals surface area (Å²) in [5, 5.41) is 0. The van der Waals surface area contributed by atoms with Crippen molar-refractivity contribution in [2.24, 2.45) is 18.7 Å². The zero-order valence-electron chi connectivity index (χ0n) is 9.14. The highest BCUT2D eigenvalue weighted by atomic mass is 15.1. The first-order chi connectivity index (χ1) is 7.22. The predicted octanol–water partition coefficient (Wildman–Crippen LogP) is 1.11. The molecule has 0 radical (unpaired) electrons. The molecule has 4 nitrogen and oxygen atoms in total. The van der Waals surface area contributed by atoms with Crippen molar-refractivity contribution in [3.63, 3.8) is 0 Å². The molecule has 2 aromatic rings. The van der Waals surface area contributed by atoms with Gasteiger partial charge < -0.3 is 10.3 Å². The second-order valence-corrected chi connectivity index (χ2v) is 4.00. The lowest BCUT2D eigenvalue weighted by atomic mass is 10.1. The minimum absolute atomic E-state index is 0.466. The van der Waals surface area contributed by atoms with Crippen molar-refractivity contribution in [1.29, 1.82) is 0 Å². The summed E-state index contributed by atoms with van der Waals surface area (Å²) in [6, 6.07) is 1.99. The third-order valence-corrected chi connectivity index (χ3v) is 2.71. The van der Waals surface area contributed by atoms with Crippen molar-refractivity contribution >= 4 is 11.0 Å². The third-order valence-electron chi connectivity index (χ3n) is 2.71. The van der Waals surface area contributed by atoms with Gasteiger partial charge in [0.15, 0.2) is 0 Å². The van der Waals surface area contributed by atoms with Crippen molar-refractivity contribution in [3.05, 3.63) is 24.3 Å². The Morgan fingerprint density at radius 1 is 1.53 bits per heavy atom. The summed E-state index contributed by atoms with van der Waals surface area (Å²) >= 11 is 0. The van der Waals surface area contributed by atoms with Gasteiger partial charge in [-0.05, 0) is 18.5 Å². The Kier molecular flexibility index (Phi) is 2.68. The van der Waals surface area contributed by atoms with Gasteiger partial charge in [0.1, 0.15) is 11.3 Å². The van der Waals surface area contributed by atoms with Crippen LogP contribution in [0, 0.1) is 5.92 Å². The second kappa shape index (κ2) is 3.98. The molecule has 1 unspecified atom stereocenters. The number of imidazole rings is 1. The monoisotopic (exact) mass is 204 g/mol. The molecule has 2 aromatic heterocycles. The van der Waals surface area contributed by atoms with E-state index in [1.165, 1.54) is 0 Å². The average molecular weight is 204 g/mol. The molecule has 2 rings (SSSR count). The van der Waals surface area contributed by atoms with E-state index in [2.05, 4.69) is 21.5 Å². The van der Waals surface area contributed by atoms with Gasteiger partial charge in [0.2, 0.25) is 0 Å². The third kappa shape index (κ3) is 1.85. The van der Waals surface area contributed by atoms with E-state index >= 15 is 0 Å². The summed E-state index contributed by atoms with van der Waals surface area (Å²) in [6.07, 6.45) is 4.51. The molecule has 0 aliphatic heterocycles. The number of hydrogen-bond acceptors (Lipinski definition) is 3. The Morgan fingerprint density at radius 2 is 2.33 bits per heavy atom. The van der Waals surface area contributed by atoms with Crippen LogP contribution in [0.4, 0.5) is 0 Å². The first-order valence-corrected chi connectivity index (χ1v) is 5.17. The zero-order valence-corrected chi connectivity index (χ0v) is 9.14. The molecule has 15 heavy (non-hydrogen) atoms. The maximum absolute atomic E-state index is 5.61. The quantitative estimate of drug-likeness (QED) is 0.814. The van der Waals surface area contributed by atoms with Crippen molar-refractivity contribution < 1.29 is 0 Å². The van der Waals surface area contributed by atoms with Crippen LogP contribution in [0.15, 0.2) is 18.5 Å². The van der Waals surface area contributed by atoms with Gasteiger partial charge in [-0.15, -0.1) is 0 Å². The molecule has 0 bridgehead atoms. The summed E-state index contributed by atoms with van der Waals surface area (Å²) in [6.45, 7) is 2.83. The number of fused-ring (bicyclic) bond motifs is 1. The zero-order chi connectivity index (χ0) is 10.8. The molecule has 80 valence electrons. The molecule has 4 heteroatoms. The number of aromatic nitrogens is 3. The van der Waals surface area contributed by atoms with Crippen molar-refractivity contribution in [1.82, 2.24) is 14.5 Å². The number of hydrogen-bond donors (Lipinski definition) is 1. The highest BCUT2D eigenvalue weighted by Gasteiger charge is 2.09. The van der Waals surface area contributed by atoms with Gasteiger partial charge >= 0.3 is 0 Å². The van der Waals surface area contributed by atoms with Crippen molar-refractivity contribution in [2.75, 3.05) is 6.54 Å². The van der Waals surface area contributed by atoms with E-state index in [1.807, 2.05) is 13.1 Å². The summed E-state index contributed by atoms with van der Waals surface area (Å²) in [4.78, 5) is 8.61. The largest absolute Gasteiger partial charge is 0.331 e. The minimum atomic E-state index is 0.466. The van der Waals surface area contributed by atoms with Crippen molar-refractivity contribution in [3.8, 4) is 0 Å². The Labute approximate surface area is 89.1 Å². The summed E-state index contributed by atoms with van der Waals surface area (Å²) in [7, 11) is 2.04. The lowest BCUT2D eigenvalue weighted by Gasteiger charge is -2.07. The van der Waals surface area contributed by atoms with Crippen LogP contribution in [0.1, 0.15) is 12.7 Å². The molecule has 1 atom stereocenters. The van der Waals surface area contributed by atoms with Crippen LogP contribution in [-0.4, -0.2) is 21.1 Å². The molecule has 0 aliphatic carbocycles. The molecule has 0 aliphatic rings. The van der Waals surface area contributed by atoms with Crippen LogP contribution >= 0.6 is 0 Å². The molecule has 0 saturated carbocycles. The number of pyridine rings is 1. The fourth-order valence-corrected chi connectivity index (χ4v) is 1.68. The molecule has 0 aromatic carbocycles. The number of aryl methyl sites for hydroxylation is 1. The summed E-state index contributed by atoms with van der Waals surface area (Å²) in [5.74, 6) is 1.55. The second-order valence-electron chi connectivity index (χ2n) is 4.00. The van der Waals surface area contributed by atoms with Gasteiger partial charge in [-0.1, -0.05) is 6.92 Å². The minimum Gasteiger partial charge on any atom is -0.331 e. The van der Waals surface area contributed by atoms with Gasteiger partial charge in [-0.2, -0.15) is 0 Å². The summed E-state index contributed by atoms with van der Waals surface area (Å²) in [5.41, 5.74) is 7.70. The Balaban J connectivity index is 2.40. The molecular formula is C11H16N4. The fraction of sp³-hybridized carbons (Fsp3) is 0.455. The lowest BCUT2D eigenvalue weighted by molar-refractivity contribution is 0.563. The fourth-order valence-electron chi connectivity index (χ4n) is 1.68. The first-order valence-electron chi connectivity index (χ1n) is 5.17. The van der Waals surface area contributed by atoms with E-state index in [0.29, 0.717) is 12.5 Å². The van der Waals surface area contributed by atoms with Gasteiger partial charge in [-0.3, -0.25) is 4.98 Å². The van der Waals surface area contributed by atoms with E-state index in [-0.39, 0.29) is 0 Å². The van der Waals surface area contributed by atoms with Gasteiger partial charge in [0, 0.05) is 19.7 Å². The number of nitrogens with two attached hydrogens (primary N) is 1. The maximum Gasteiger partial charge on any atom is 0.109 e. The maximum atomic E-state index is 5.61. The first kappa shape index (κ1) is 10.1. The highest BCUT2D eigenvalue weighted by Crippen LogP contribution is 2.15. The van der Waals surface area contributed by atoms with Crippen LogP contribution < -0.4 is 5.73 Å². The topological polar surface area (TPSA) is 56.7 Å². The standard InChI is InChI=1S/C11H16N4/c1-8(6-12)5-11-14-9-7-13-4-3-10(9)15(11)2/h3-4,7-8H,5-6,12H2,1-2H3. The Morgan fingerprint density at radius 3 is 3.00 bits per heavy atom. The van der Waals surface area contributed by atoms with Crippen LogP contribution in [0.2, 0.25) is 0 Å². The number of nitrogens with zero attached hydrogens (tertiary/aromatic N) is 3.